The summed E-state index contributed by atoms with van der Waals surface area (Å²) in [4.78, 5) is 0. The molecular formula is C10H13N3S2. The summed E-state index contributed by atoms with van der Waals surface area (Å²) in [5, 5.41) is 11.2. The van der Waals surface area contributed by atoms with Crippen LogP contribution in [0.15, 0.2) is 16.8 Å². The normalized spacial score (nSPS) is 12.9. The molecule has 1 unspecified atom stereocenters. The lowest BCUT2D eigenvalue weighted by Crippen LogP contribution is -2.09. The van der Waals surface area contributed by atoms with Crippen LogP contribution in [0.1, 0.15) is 24.4 Å². The number of nitrogens with one attached hydrogen (secondary N) is 1. The predicted octanol–water partition coefficient (Wildman–Crippen LogP) is 3.11. The number of aromatic amines is 1. The molecule has 0 aliphatic rings. The minimum atomic E-state index is 0.353. The molecule has 2 aromatic rings. The van der Waals surface area contributed by atoms with Crippen molar-refractivity contribution in [3.8, 4) is 0 Å². The average molecular weight is 239 g/mol. The lowest BCUT2D eigenvalue weighted by atomic mass is 10.1. The maximum absolute atomic E-state index is 5.19. The van der Waals surface area contributed by atoms with Crippen molar-refractivity contribution in [2.75, 3.05) is 0 Å². The lowest BCUT2D eigenvalue weighted by Gasteiger charge is -2.13. The summed E-state index contributed by atoms with van der Waals surface area (Å²) >= 11 is 6.92. The van der Waals surface area contributed by atoms with Gasteiger partial charge in [0, 0.05) is 6.04 Å². The molecule has 0 fully saturated rings. The molecule has 80 valence electrons. The Balaban J connectivity index is 2.22. The highest BCUT2D eigenvalue weighted by molar-refractivity contribution is 7.71. The van der Waals surface area contributed by atoms with Gasteiger partial charge in [0.2, 0.25) is 0 Å². The maximum atomic E-state index is 5.19. The second kappa shape index (κ2) is 4.28. The van der Waals surface area contributed by atoms with Gasteiger partial charge in [-0.25, -0.2) is 0 Å². The number of H-pyrrole nitrogens is 1. The Morgan fingerprint density at radius 1 is 1.67 bits per heavy atom. The van der Waals surface area contributed by atoms with Gasteiger partial charge >= 0.3 is 0 Å². The predicted molar refractivity (Wildman–Crippen MR) is 64.9 cm³/mol. The first kappa shape index (κ1) is 10.6. The highest BCUT2D eigenvalue weighted by Crippen LogP contribution is 2.17. The molecule has 0 spiro atoms. The van der Waals surface area contributed by atoms with Crippen molar-refractivity contribution in [1.29, 1.82) is 0 Å². The van der Waals surface area contributed by atoms with Gasteiger partial charge in [-0.2, -0.15) is 16.4 Å². The number of rotatable bonds is 3. The van der Waals surface area contributed by atoms with E-state index < -0.39 is 0 Å². The second-order valence-corrected chi connectivity index (χ2v) is 4.80. The van der Waals surface area contributed by atoms with Gasteiger partial charge < -0.3 is 4.57 Å². The summed E-state index contributed by atoms with van der Waals surface area (Å²) in [6, 6.07) is 2.51. The molecule has 0 aromatic carbocycles. The Morgan fingerprint density at radius 2 is 2.47 bits per heavy atom. The molecule has 0 saturated carbocycles. The molecule has 2 heterocycles. The third-order valence-electron chi connectivity index (χ3n) is 2.43. The van der Waals surface area contributed by atoms with Crippen LogP contribution in [0.4, 0.5) is 0 Å². The van der Waals surface area contributed by atoms with E-state index in [1.54, 1.807) is 11.3 Å². The molecule has 2 rings (SSSR count). The molecule has 2 aromatic heterocycles. The molecule has 5 heteroatoms. The molecule has 15 heavy (non-hydrogen) atoms. The number of aryl methyl sites for hydroxylation is 1. The van der Waals surface area contributed by atoms with Crippen LogP contribution in [-0.4, -0.2) is 14.8 Å². The first-order valence-electron chi connectivity index (χ1n) is 4.83. The number of aromatic nitrogens is 3. The Morgan fingerprint density at radius 3 is 3.00 bits per heavy atom. The number of nitrogens with zero attached hydrogens (tertiary/aromatic N) is 2. The standard InChI is InChI=1S/C10H13N3S2/c1-7(5-9-3-4-15-6-9)13-8(2)11-12-10(13)14/h3-4,6-7H,5H2,1-2H3,(H,12,14). The van der Waals surface area contributed by atoms with Gasteiger partial charge in [0.25, 0.3) is 0 Å². The van der Waals surface area contributed by atoms with Crippen LogP contribution in [0.3, 0.4) is 0 Å². The fourth-order valence-corrected chi connectivity index (χ4v) is 2.78. The third kappa shape index (κ3) is 2.18. The van der Waals surface area contributed by atoms with Crippen molar-refractivity contribution < 1.29 is 0 Å². The SMILES string of the molecule is Cc1n[nH]c(=S)n1C(C)Cc1ccsc1. The van der Waals surface area contributed by atoms with E-state index in [4.69, 9.17) is 12.2 Å². The zero-order valence-electron chi connectivity index (χ0n) is 8.73. The highest BCUT2D eigenvalue weighted by atomic mass is 32.1. The molecule has 1 N–H and O–H groups in total. The van der Waals surface area contributed by atoms with E-state index in [-0.39, 0.29) is 0 Å². The zero-order chi connectivity index (χ0) is 10.8. The number of hydrogen-bond acceptors (Lipinski definition) is 3. The van der Waals surface area contributed by atoms with E-state index in [0.29, 0.717) is 10.8 Å². The van der Waals surface area contributed by atoms with Gasteiger partial charge in [0.1, 0.15) is 5.82 Å². The quantitative estimate of drug-likeness (QED) is 0.835. The second-order valence-electron chi connectivity index (χ2n) is 3.63. The summed E-state index contributed by atoms with van der Waals surface area (Å²) in [5.41, 5.74) is 1.36. The summed E-state index contributed by atoms with van der Waals surface area (Å²) in [5.74, 6) is 0.947. The van der Waals surface area contributed by atoms with Crippen LogP contribution >= 0.6 is 23.6 Å². The Hall–Kier alpha value is -0.940. The monoisotopic (exact) mass is 239 g/mol. The molecular weight excluding hydrogens is 226 g/mol. The van der Waals surface area contributed by atoms with Crippen LogP contribution in [0.2, 0.25) is 0 Å². The van der Waals surface area contributed by atoms with Gasteiger partial charge in [-0.1, -0.05) is 0 Å². The number of hydrogen-bond donors (Lipinski definition) is 1. The maximum Gasteiger partial charge on any atom is 0.195 e. The molecule has 0 aliphatic carbocycles. The van der Waals surface area contributed by atoms with Crippen LogP contribution in [0.5, 0.6) is 0 Å². The van der Waals surface area contributed by atoms with Crippen molar-refractivity contribution in [3.63, 3.8) is 0 Å². The van der Waals surface area contributed by atoms with Gasteiger partial charge in [-0.15, -0.1) is 0 Å². The summed E-state index contributed by atoms with van der Waals surface area (Å²) in [7, 11) is 0. The Bertz CT molecular complexity index is 481. The minimum absolute atomic E-state index is 0.353. The lowest BCUT2D eigenvalue weighted by molar-refractivity contribution is 0.525. The summed E-state index contributed by atoms with van der Waals surface area (Å²) < 4.78 is 2.77. The largest absolute Gasteiger partial charge is 0.301 e. The van der Waals surface area contributed by atoms with Crippen molar-refractivity contribution in [2.45, 2.75) is 26.3 Å². The first-order valence-corrected chi connectivity index (χ1v) is 6.18. The van der Waals surface area contributed by atoms with Gasteiger partial charge in [-0.3, -0.25) is 5.10 Å². The van der Waals surface area contributed by atoms with Crippen LogP contribution in [-0.2, 0) is 6.42 Å². The van der Waals surface area contributed by atoms with E-state index in [0.717, 1.165) is 12.2 Å². The highest BCUT2D eigenvalue weighted by Gasteiger charge is 2.10. The van der Waals surface area contributed by atoms with Crippen LogP contribution in [0.25, 0.3) is 0 Å². The minimum Gasteiger partial charge on any atom is -0.301 e. The fourth-order valence-electron chi connectivity index (χ4n) is 1.74. The fraction of sp³-hybridized carbons (Fsp3) is 0.400. The summed E-state index contributed by atoms with van der Waals surface area (Å²) in [6.07, 6.45) is 0.998. The van der Waals surface area contributed by atoms with Gasteiger partial charge in [0.05, 0.1) is 0 Å². The van der Waals surface area contributed by atoms with Crippen molar-refractivity contribution in [1.82, 2.24) is 14.8 Å². The van der Waals surface area contributed by atoms with E-state index in [1.807, 2.05) is 6.92 Å². The molecule has 0 aliphatic heterocycles. The molecule has 3 nitrogen and oxygen atoms in total. The molecule has 0 amide bonds. The van der Waals surface area contributed by atoms with E-state index in [9.17, 15) is 0 Å². The average Bonchev–Trinajstić information content (AvgIpc) is 2.77. The van der Waals surface area contributed by atoms with Gasteiger partial charge in [0.15, 0.2) is 4.77 Å². The Kier molecular flexibility index (Phi) is 3.02. The van der Waals surface area contributed by atoms with Crippen LogP contribution in [0, 0.1) is 11.7 Å². The smallest absolute Gasteiger partial charge is 0.195 e. The van der Waals surface area contributed by atoms with Crippen molar-refractivity contribution in [3.05, 3.63) is 33.0 Å². The van der Waals surface area contributed by atoms with Gasteiger partial charge in [-0.05, 0) is 54.9 Å². The van der Waals surface area contributed by atoms with Crippen LogP contribution < -0.4 is 0 Å². The zero-order valence-corrected chi connectivity index (χ0v) is 10.4. The van der Waals surface area contributed by atoms with E-state index in [2.05, 4.69) is 38.5 Å². The Labute approximate surface area is 97.8 Å². The van der Waals surface area contributed by atoms with Crippen molar-refractivity contribution >= 4 is 23.6 Å². The van der Waals surface area contributed by atoms with Crippen molar-refractivity contribution in [2.24, 2.45) is 0 Å². The topological polar surface area (TPSA) is 33.6 Å². The number of thiophene rings is 1. The molecule has 0 bridgehead atoms. The molecule has 1 atom stereocenters. The first-order chi connectivity index (χ1) is 7.18. The summed E-state index contributed by atoms with van der Waals surface area (Å²) in [6.45, 7) is 4.13. The van der Waals surface area contributed by atoms with E-state index in [1.165, 1.54) is 5.56 Å². The third-order valence-corrected chi connectivity index (χ3v) is 3.45. The molecule has 0 saturated heterocycles. The van der Waals surface area contributed by atoms with E-state index >= 15 is 0 Å². The molecule has 0 radical (unpaired) electrons.